The maximum Gasteiger partial charge on any atom is 0.229 e. The van der Waals surface area contributed by atoms with E-state index < -0.39 is 0 Å². The fraction of sp³-hybridized carbons (Fsp3) is 0.600. The summed E-state index contributed by atoms with van der Waals surface area (Å²) in [6.45, 7) is 0.708. The van der Waals surface area contributed by atoms with E-state index in [0.717, 1.165) is 11.7 Å². The Hall–Kier alpha value is -1.62. The summed E-state index contributed by atoms with van der Waals surface area (Å²) in [4.78, 5) is 4.50. The van der Waals surface area contributed by atoms with Gasteiger partial charge in [-0.1, -0.05) is 5.16 Å². The highest BCUT2D eigenvalue weighted by Crippen LogP contribution is 2.38. The van der Waals surface area contributed by atoms with Crippen molar-refractivity contribution in [2.45, 2.75) is 50.6 Å². The second kappa shape index (κ2) is 4.74. The molecule has 0 saturated heterocycles. The Morgan fingerprint density at radius 2 is 2.25 bits per heavy atom. The van der Waals surface area contributed by atoms with E-state index in [-0.39, 0.29) is 0 Å². The highest BCUT2D eigenvalue weighted by molar-refractivity contribution is 5.30. The molecule has 2 aromatic rings. The van der Waals surface area contributed by atoms with Crippen molar-refractivity contribution in [1.82, 2.24) is 20.0 Å². The molecule has 2 heterocycles. The lowest BCUT2D eigenvalue weighted by molar-refractivity contribution is 0.373. The first-order chi connectivity index (χ1) is 9.83. The molecule has 0 aromatic carbocycles. The third-order valence-corrected chi connectivity index (χ3v) is 4.39. The van der Waals surface area contributed by atoms with Crippen molar-refractivity contribution in [3.8, 4) is 0 Å². The largest absolute Gasteiger partial charge is 0.346 e. The van der Waals surface area contributed by atoms with E-state index in [0.29, 0.717) is 18.5 Å². The summed E-state index contributed by atoms with van der Waals surface area (Å²) in [6.07, 6.45) is 10.5. The lowest BCUT2D eigenvalue weighted by Crippen LogP contribution is -2.20. The minimum Gasteiger partial charge on any atom is -0.346 e. The van der Waals surface area contributed by atoms with Crippen molar-refractivity contribution >= 4 is 0 Å². The molecule has 1 N–H and O–H groups in total. The molecule has 0 aliphatic heterocycles. The Bertz CT molecular complexity index is 611. The van der Waals surface area contributed by atoms with Crippen molar-refractivity contribution in [2.75, 3.05) is 7.05 Å². The molecular formula is C15H20N4O. The van der Waals surface area contributed by atoms with Crippen LogP contribution in [0.25, 0.3) is 0 Å². The third kappa shape index (κ3) is 2.16. The van der Waals surface area contributed by atoms with Gasteiger partial charge >= 0.3 is 0 Å². The summed E-state index contributed by atoms with van der Waals surface area (Å²) in [6, 6.07) is 0.493. The van der Waals surface area contributed by atoms with Crippen LogP contribution in [-0.2, 0) is 13.0 Å². The minimum atomic E-state index is 0.493. The Morgan fingerprint density at radius 1 is 1.35 bits per heavy atom. The van der Waals surface area contributed by atoms with Gasteiger partial charge in [0.25, 0.3) is 0 Å². The number of hydrogen-bond donors (Lipinski definition) is 1. The Kier molecular flexibility index (Phi) is 2.88. The molecular weight excluding hydrogens is 252 g/mol. The van der Waals surface area contributed by atoms with Gasteiger partial charge in [0.1, 0.15) is 0 Å². The monoisotopic (exact) mass is 272 g/mol. The highest BCUT2D eigenvalue weighted by Gasteiger charge is 2.29. The lowest BCUT2D eigenvalue weighted by Gasteiger charge is -2.21. The molecule has 2 aliphatic carbocycles. The molecule has 20 heavy (non-hydrogen) atoms. The maximum atomic E-state index is 5.32. The molecule has 5 heteroatoms. The van der Waals surface area contributed by atoms with Crippen molar-refractivity contribution < 1.29 is 4.52 Å². The van der Waals surface area contributed by atoms with Gasteiger partial charge < -0.3 is 14.4 Å². The second-order valence-corrected chi connectivity index (χ2v) is 5.97. The number of nitrogens with one attached hydrogen (secondary N) is 1. The number of rotatable bonds is 4. The molecule has 1 atom stereocenters. The first-order valence-corrected chi connectivity index (χ1v) is 7.52. The van der Waals surface area contributed by atoms with Crippen LogP contribution in [-0.4, -0.2) is 21.8 Å². The second-order valence-electron chi connectivity index (χ2n) is 5.97. The van der Waals surface area contributed by atoms with Crippen molar-refractivity contribution in [2.24, 2.45) is 0 Å². The van der Waals surface area contributed by atoms with E-state index in [9.17, 15) is 0 Å². The van der Waals surface area contributed by atoms with Crippen molar-refractivity contribution in [3.05, 3.63) is 35.2 Å². The molecule has 106 valence electrons. The van der Waals surface area contributed by atoms with Gasteiger partial charge in [0.2, 0.25) is 5.89 Å². The predicted octanol–water partition coefficient (Wildman–Crippen LogP) is 2.39. The van der Waals surface area contributed by atoms with Gasteiger partial charge in [-0.25, -0.2) is 0 Å². The standard InChI is InChI=1S/C15H20N4O/c1-16-13-4-2-3-11-7-19(8-12(11)13)9-14-17-15(20-18-14)10-5-6-10/h7-8,10,13,16H,2-6,9H2,1H3. The van der Waals surface area contributed by atoms with Crippen LogP contribution in [0.2, 0.25) is 0 Å². The molecule has 1 fully saturated rings. The summed E-state index contributed by atoms with van der Waals surface area (Å²) in [5, 5.41) is 7.50. The number of hydrogen-bond acceptors (Lipinski definition) is 4. The molecule has 1 unspecified atom stereocenters. The summed E-state index contributed by atoms with van der Waals surface area (Å²) < 4.78 is 7.51. The molecule has 5 nitrogen and oxygen atoms in total. The molecule has 2 aromatic heterocycles. The SMILES string of the molecule is CNC1CCCc2cn(Cc3noc(C4CC4)n3)cc21. The van der Waals surface area contributed by atoms with Crippen molar-refractivity contribution in [1.29, 1.82) is 0 Å². The topological polar surface area (TPSA) is 55.9 Å². The number of fused-ring (bicyclic) bond motifs is 1. The van der Waals surface area contributed by atoms with Crippen LogP contribution in [0.3, 0.4) is 0 Å². The molecule has 0 spiro atoms. The Morgan fingerprint density at radius 3 is 3.05 bits per heavy atom. The molecule has 0 radical (unpaired) electrons. The smallest absolute Gasteiger partial charge is 0.229 e. The summed E-state index contributed by atoms with van der Waals surface area (Å²) in [5.41, 5.74) is 2.89. The quantitative estimate of drug-likeness (QED) is 0.928. The Labute approximate surface area is 118 Å². The zero-order valence-corrected chi connectivity index (χ0v) is 11.8. The van der Waals surface area contributed by atoms with E-state index in [1.807, 2.05) is 7.05 Å². The van der Waals surface area contributed by atoms with Crippen LogP contribution in [0, 0.1) is 0 Å². The normalized spacial score (nSPS) is 21.9. The maximum absolute atomic E-state index is 5.32. The summed E-state index contributed by atoms with van der Waals surface area (Å²) >= 11 is 0. The average Bonchev–Trinajstić information content (AvgIpc) is 3.07. The summed E-state index contributed by atoms with van der Waals surface area (Å²) in [7, 11) is 2.04. The van der Waals surface area contributed by atoms with Gasteiger partial charge in [0.15, 0.2) is 5.82 Å². The zero-order chi connectivity index (χ0) is 13.5. The van der Waals surface area contributed by atoms with E-state index in [4.69, 9.17) is 4.52 Å². The fourth-order valence-electron chi connectivity index (χ4n) is 3.13. The number of aryl methyl sites for hydroxylation is 1. The Balaban J connectivity index is 1.54. The van der Waals surface area contributed by atoms with Gasteiger partial charge in [-0.3, -0.25) is 0 Å². The van der Waals surface area contributed by atoms with Crippen LogP contribution in [0.4, 0.5) is 0 Å². The van der Waals surface area contributed by atoms with Crippen LogP contribution >= 0.6 is 0 Å². The molecule has 0 bridgehead atoms. The van der Waals surface area contributed by atoms with Crippen LogP contribution in [0.15, 0.2) is 16.9 Å². The third-order valence-electron chi connectivity index (χ3n) is 4.39. The molecule has 1 saturated carbocycles. The predicted molar refractivity (Wildman–Crippen MR) is 74.5 cm³/mol. The average molecular weight is 272 g/mol. The van der Waals surface area contributed by atoms with Gasteiger partial charge in [-0.2, -0.15) is 4.98 Å². The van der Waals surface area contributed by atoms with Gasteiger partial charge in [0.05, 0.1) is 6.54 Å². The van der Waals surface area contributed by atoms with Gasteiger partial charge in [0, 0.05) is 24.4 Å². The van der Waals surface area contributed by atoms with Crippen LogP contribution < -0.4 is 5.32 Å². The highest BCUT2D eigenvalue weighted by atomic mass is 16.5. The molecule has 0 amide bonds. The fourth-order valence-corrected chi connectivity index (χ4v) is 3.13. The van der Waals surface area contributed by atoms with E-state index >= 15 is 0 Å². The first-order valence-electron chi connectivity index (χ1n) is 7.52. The van der Waals surface area contributed by atoms with Crippen molar-refractivity contribution in [3.63, 3.8) is 0 Å². The van der Waals surface area contributed by atoms with Crippen LogP contribution in [0.1, 0.15) is 60.5 Å². The minimum absolute atomic E-state index is 0.493. The zero-order valence-electron chi connectivity index (χ0n) is 11.8. The van der Waals surface area contributed by atoms with Crippen LogP contribution in [0.5, 0.6) is 0 Å². The molecule has 4 rings (SSSR count). The van der Waals surface area contributed by atoms with Gasteiger partial charge in [-0.15, -0.1) is 0 Å². The van der Waals surface area contributed by atoms with Gasteiger partial charge in [-0.05, 0) is 50.3 Å². The first kappa shape index (κ1) is 12.1. The van der Waals surface area contributed by atoms with E-state index in [1.165, 1.54) is 43.2 Å². The van der Waals surface area contributed by atoms with E-state index in [1.54, 1.807) is 0 Å². The number of nitrogens with zero attached hydrogens (tertiary/aromatic N) is 3. The molecule has 2 aliphatic rings. The van der Waals surface area contributed by atoms with E-state index in [2.05, 4.69) is 32.4 Å². The summed E-state index contributed by atoms with van der Waals surface area (Å²) in [5.74, 6) is 2.15. The number of aromatic nitrogens is 3. The lowest BCUT2D eigenvalue weighted by atomic mass is 9.91.